The summed E-state index contributed by atoms with van der Waals surface area (Å²) in [4.78, 5) is 17.9. The SMILES string of the molecule is CCN(CC)CCSCc1ccc(C(=O)NN)cn1. The number of carbonyl (C=O) groups excluding carboxylic acids is 1. The van der Waals surface area contributed by atoms with Gasteiger partial charge < -0.3 is 4.90 Å². The number of rotatable bonds is 8. The third kappa shape index (κ3) is 5.59. The second-order valence-corrected chi connectivity index (χ2v) is 5.20. The minimum Gasteiger partial charge on any atom is -0.303 e. The van der Waals surface area contributed by atoms with Gasteiger partial charge in [0.25, 0.3) is 5.91 Å². The van der Waals surface area contributed by atoms with Crippen LogP contribution in [0.15, 0.2) is 18.3 Å². The monoisotopic (exact) mass is 282 g/mol. The molecule has 6 heteroatoms. The Morgan fingerprint density at radius 2 is 2.16 bits per heavy atom. The minimum absolute atomic E-state index is 0.312. The molecule has 1 aromatic heterocycles. The van der Waals surface area contributed by atoms with Crippen molar-refractivity contribution in [1.82, 2.24) is 15.3 Å². The number of hydrogen-bond donors (Lipinski definition) is 2. The second kappa shape index (κ2) is 8.90. The van der Waals surface area contributed by atoms with E-state index < -0.39 is 0 Å². The lowest BCUT2D eigenvalue weighted by molar-refractivity contribution is 0.0953. The zero-order chi connectivity index (χ0) is 14.1. The molecule has 106 valence electrons. The van der Waals surface area contributed by atoms with Gasteiger partial charge in [-0.25, -0.2) is 5.84 Å². The molecule has 1 amide bonds. The normalized spacial score (nSPS) is 10.7. The van der Waals surface area contributed by atoms with Gasteiger partial charge in [-0.05, 0) is 25.2 Å². The fourth-order valence-corrected chi connectivity index (χ4v) is 2.55. The standard InChI is InChI=1S/C13H22N4OS/c1-3-17(4-2)7-8-19-10-12-6-5-11(9-15-12)13(18)16-14/h5-6,9H,3-4,7-8,10,14H2,1-2H3,(H,16,18). The first-order chi connectivity index (χ1) is 9.21. The van der Waals surface area contributed by atoms with E-state index in [4.69, 9.17) is 5.84 Å². The average Bonchev–Trinajstić information content (AvgIpc) is 2.47. The summed E-state index contributed by atoms with van der Waals surface area (Å²) in [6, 6.07) is 3.62. The van der Waals surface area contributed by atoms with Gasteiger partial charge in [0.2, 0.25) is 0 Å². The van der Waals surface area contributed by atoms with E-state index in [0.717, 1.165) is 36.8 Å². The molecule has 3 N–H and O–H groups in total. The first-order valence-corrected chi connectivity index (χ1v) is 7.62. The molecule has 0 atom stereocenters. The smallest absolute Gasteiger partial charge is 0.266 e. The summed E-state index contributed by atoms with van der Waals surface area (Å²) in [5, 5.41) is 0. The maximum Gasteiger partial charge on any atom is 0.266 e. The lowest BCUT2D eigenvalue weighted by atomic mass is 10.2. The van der Waals surface area contributed by atoms with Crippen molar-refractivity contribution in [2.45, 2.75) is 19.6 Å². The summed E-state index contributed by atoms with van der Waals surface area (Å²) in [5.74, 6) is 6.71. The third-order valence-corrected chi connectivity index (χ3v) is 3.89. The highest BCUT2D eigenvalue weighted by molar-refractivity contribution is 7.98. The molecule has 19 heavy (non-hydrogen) atoms. The minimum atomic E-state index is -0.312. The van der Waals surface area contributed by atoms with E-state index in [0.29, 0.717) is 5.56 Å². The van der Waals surface area contributed by atoms with Crippen LogP contribution in [-0.4, -0.2) is 41.2 Å². The van der Waals surface area contributed by atoms with Gasteiger partial charge in [-0.15, -0.1) is 0 Å². The predicted octanol–water partition coefficient (Wildman–Crippen LogP) is 1.26. The van der Waals surface area contributed by atoms with Crippen LogP contribution in [0.4, 0.5) is 0 Å². The molecule has 0 aliphatic heterocycles. The summed E-state index contributed by atoms with van der Waals surface area (Å²) in [6.07, 6.45) is 1.56. The van der Waals surface area contributed by atoms with Crippen LogP contribution in [0, 0.1) is 0 Å². The van der Waals surface area contributed by atoms with Gasteiger partial charge >= 0.3 is 0 Å². The number of thioether (sulfide) groups is 1. The maximum absolute atomic E-state index is 11.2. The van der Waals surface area contributed by atoms with Gasteiger partial charge in [-0.3, -0.25) is 15.2 Å². The van der Waals surface area contributed by atoms with Crippen LogP contribution in [-0.2, 0) is 5.75 Å². The Bertz CT molecular complexity index is 379. The first-order valence-electron chi connectivity index (χ1n) is 6.47. The fraction of sp³-hybridized carbons (Fsp3) is 0.538. The lowest BCUT2D eigenvalue weighted by Crippen LogP contribution is -2.30. The van der Waals surface area contributed by atoms with Crippen molar-refractivity contribution >= 4 is 17.7 Å². The van der Waals surface area contributed by atoms with Gasteiger partial charge in [-0.1, -0.05) is 13.8 Å². The van der Waals surface area contributed by atoms with Crippen molar-refractivity contribution < 1.29 is 4.79 Å². The van der Waals surface area contributed by atoms with Crippen molar-refractivity contribution in [3.8, 4) is 0 Å². The molecular formula is C13H22N4OS. The molecule has 0 aliphatic carbocycles. The second-order valence-electron chi connectivity index (χ2n) is 4.09. The predicted molar refractivity (Wildman–Crippen MR) is 79.8 cm³/mol. The third-order valence-electron chi connectivity index (χ3n) is 2.91. The molecule has 0 saturated carbocycles. The lowest BCUT2D eigenvalue weighted by Gasteiger charge is -2.17. The molecule has 1 aromatic rings. The molecule has 0 unspecified atom stereocenters. The van der Waals surface area contributed by atoms with Gasteiger partial charge in [0.05, 0.1) is 11.3 Å². The van der Waals surface area contributed by atoms with Crippen molar-refractivity contribution in [1.29, 1.82) is 0 Å². The summed E-state index contributed by atoms with van der Waals surface area (Å²) in [5.41, 5.74) is 3.56. The van der Waals surface area contributed by atoms with E-state index in [-0.39, 0.29) is 5.91 Å². The Balaban J connectivity index is 2.32. The highest BCUT2D eigenvalue weighted by atomic mass is 32.2. The molecule has 0 bridgehead atoms. The van der Waals surface area contributed by atoms with E-state index >= 15 is 0 Å². The van der Waals surface area contributed by atoms with E-state index in [1.165, 1.54) is 0 Å². The van der Waals surface area contributed by atoms with E-state index in [1.807, 2.05) is 17.8 Å². The van der Waals surface area contributed by atoms with Crippen molar-refractivity contribution in [3.63, 3.8) is 0 Å². The van der Waals surface area contributed by atoms with Crippen molar-refractivity contribution in [2.75, 3.05) is 25.4 Å². The molecule has 1 rings (SSSR count). The van der Waals surface area contributed by atoms with Crippen molar-refractivity contribution in [2.24, 2.45) is 5.84 Å². The Kier molecular flexibility index (Phi) is 7.47. The summed E-state index contributed by atoms with van der Waals surface area (Å²) < 4.78 is 0. The molecule has 5 nitrogen and oxygen atoms in total. The fourth-order valence-electron chi connectivity index (χ4n) is 1.64. The highest BCUT2D eigenvalue weighted by Gasteiger charge is 2.04. The highest BCUT2D eigenvalue weighted by Crippen LogP contribution is 2.11. The number of hydrazine groups is 1. The van der Waals surface area contributed by atoms with Gasteiger partial charge in [0.1, 0.15) is 0 Å². The Labute approximate surface area is 118 Å². The van der Waals surface area contributed by atoms with Gasteiger partial charge in [0.15, 0.2) is 0 Å². The van der Waals surface area contributed by atoms with Crippen LogP contribution >= 0.6 is 11.8 Å². The first kappa shape index (κ1) is 15.9. The van der Waals surface area contributed by atoms with Crippen LogP contribution in [0.5, 0.6) is 0 Å². The number of pyridine rings is 1. The number of nitrogens with one attached hydrogen (secondary N) is 1. The van der Waals surface area contributed by atoms with Crippen LogP contribution in [0.1, 0.15) is 29.9 Å². The Hall–Kier alpha value is -1.11. The van der Waals surface area contributed by atoms with E-state index in [1.54, 1.807) is 12.3 Å². The summed E-state index contributed by atoms with van der Waals surface area (Å²) >= 11 is 1.86. The average molecular weight is 282 g/mol. The zero-order valence-corrected chi connectivity index (χ0v) is 12.4. The molecule has 1 heterocycles. The molecular weight excluding hydrogens is 260 g/mol. The largest absolute Gasteiger partial charge is 0.303 e. The van der Waals surface area contributed by atoms with Crippen molar-refractivity contribution in [3.05, 3.63) is 29.6 Å². The van der Waals surface area contributed by atoms with Crippen LogP contribution < -0.4 is 11.3 Å². The molecule has 0 spiro atoms. The number of nitrogen functional groups attached to an aromatic ring is 1. The summed E-state index contributed by atoms with van der Waals surface area (Å²) in [6.45, 7) is 7.65. The molecule has 0 fully saturated rings. The Morgan fingerprint density at radius 3 is 2.68 bits per heavy atom. The quantitative estimate of drug-likeness (QED) is 0.325. The Morgan fingerprint density at radius 1 is 1.42 bits per heavy atom. The topological polar surface area (TPSA) is 71.2 Å². The van der Waals surface area contributed by atoms with Gasteiger partial charge in [-0.2, -0.15) is 11.8 Å². The zero-order valence-electron chi connectivity index (χ0n) is 11.6. The number of nitrogens with zero attached hydrogens (tertiary/aromatic N) is 2. The summed E-state index contributed by atoms with van der Waals surface area (Å²) in [7, 11) is 0. The number of amides is 1. The van der Waals surface area contributed by atoms with E-state index in [2.05, 4.69) is 29.2 Å². The molecule has 0 aromatic carbocycles. The number of hydrogen-bond acceptors (Lipinski definition) is 5. The van der Waals surface area contributed by atoms with Gasteiger partial charge in [0, 0.05) is 24.2 Å². The number of carbonyl (C=O) groups is 1. The number of aromatic nitrogens is 1. The molecule has 0 saturated heterocycles. The van der Waals surface area contributed by atoms with E-state index in [9.17, 15) is 4.79 Å². The maximum atomic E-state index is 11.2. The molecule has 0 aliphatic rings. The molecule has 0 radical (unpaired) electrons. The van der Waals surface area contributed by atoms with Crippen LogP contribution in [0.25, 0.3) is 0 Å². The number of nitrogens with two attached hydrogens (primary N) is 1. The van der Waals surface area contributed by atoms with Crippen LogP contribution in [0.2, 0.25) is 0 Å². The van der Waals surface area contributed by atoms with Crippen LogP contribution in [0.3, 0.4) is 0 Å².